The summed E-state index contributed by atoms with van der Waals surface area (Å²) in [4.78, 5) is 4.48. The van der Waals surface area contributed by atoms with Crippen LogP contribution in [0.4, 0.5) is 8.78 Å². The number of alkyl halides is 2. The fourth-order valence-electron chi connectivity index (χ4n) is 5.08. The third kappa shape index (κ3) is 8.94. The van der Waals surface area contributed by atoms with Crippen LogP contribution in [0, 0.1) is 0 Å². The third-order valence-corrected chi connectivity index (χ3v) is 7.35. The lowest BCUT2D eigenvalue weighted by Crippen LogP contribution is -2.43. The lowest BCUT2D eigenvalue weighted by molar-refractivity contribution is -0.0266. The number of benzene rings is 2. The summed E-state index contributed by atoms with van der Waals surface area (Å²) in [5.41, 5.74) is 0.365. The van der Waals surface area contributed by atoms with Crippen LogP contribution >= 0.6 is 0 Å². The fraction of sp³-hybridized carbons (Fsp3) is 0.586. The molecule has 2 aromatic carbocycles. The normalized spacial score (nSPS) is 20.1. The Labute approximate surface area is 209 Å². The molecule has 194 valence electrons. The van der Waals surface area contributed by atoms with Crippen molar-refractivity contribution in [1.82, 2.24) is 9.80 Å². The van der Waals surface area contributed by atoms with Crippen molar-refractivity contribution in [3.8, 4) is 0 Å². The Balaban J connectivity index is 0.000000196. The second-order valence-corrected chi connectivity index (χ2v) is 10.0. The van der Waals surface area contributed by atoms with Gasteiger partial charge in [0.1, 0.15) is 5.67 Å². The van der Waals surface area contributed by atoms with Crippen LogP contribution in [-0.2, 0) is 12.0 Å². The Morgan fingerprint density at radius 1 is 0.743 bits per heavy atom. The van der Waals surface area contributed by atoms with Crippen LogP contribution in [0.25, 0.3) is 0 Å². The Bertz CT molecular complexity index is 821. The van der Waals surface area contributed by atoms with Gasteiger partial charge in [-0.15, -0.1) is 0 Å². The number of nitrogens with zero attached hydrogens (tertiary/aromatic N) is 2. The van der Waals surface area contributed by atoms with E-state index in [0.29, 0.717) is 25.7 Å². The molecule has 2 heterocycles. The smallest absolute Gasteiger partial charge is 0.117 e. The molecule has 0 aromatic heterocycles. The van der Waals surface area contributed by atoms with Crippen molar-refractivity contribution >= 4 is 0 Å². The van der Waals surface area contributed by atoms with Crippen molar-refractivity contribution in [2.45, 2.75) is 56.2 Å². The van der Waals surface area contributed by atoms with Crippen LogP contribution in [0.3, 0.4) is 0 Å². The van der Waals surface area contributed by atoms with E-state index >= 15 is 0 Å². The van der Waals surface area contributed by atoms with Gasteiger partial charge in [-0.3, -0.25) is 4.39 Å². The van der Waals surface area contributed by atoms with Crippen molar-refractivity contribution in [2.75, 3.05) is 52.6 Å². The van der Waals surface area contributed by atoms with Crippen molar-refractivity contribution in [1.29, 1.82) is 0 Å². The first-order chi connectivity index (χ1) is 17.0. The molecule has 2 N–H and O–H groups in total. The highest BCUT2D eigenvalue weighted by atomic mass is 19.1. The highest BCUT2D eigenvalue weighted by Crippen LogP contribution is 2.32. The minimum Gasteiger partial charge on any atom is -0.396 e. The van der Waals surface area contributed by atoms with Crippen LogP contribution in [0.1, 0.15) is 49.7 Å². The summed E-state index contributed by atoms with van der Waals surface area (Å²) >= 11 is 0. The highest BCUT2D eigenvalue weighted by molar-refractivity contribution is 5.23. The van der Waals surface area contributed by atoms with Gasteiger partial charge in [-0.1, -0.05) is 60.7 Å². The molecular weight excluding hydrogens is 446 g/mol. The zero-order chi connectivity index (χ0) is 25.0. The van der Waals surface area contributed by atoms with Crippen LogP contribution in [-0.4, -0.2) is 78.2 Å². The first-order valence-corrected chi connectivity index (χ1v) is 13.1. The molecule has 4 rings (SSSR count). The Morgan fingerprint density at radius 2 is 1.26 bits per heavy atom. The molecule has 0 aliphatic carbocycles. The van der Waals surface area contributed by atoms with Gasteiger partial charge in [0.25, 0.3) is 0 Å². The van der Waals surface area contributed by atoms with Crippen molar-refractivity contribution in [3.63, 3.8) is 0 Å². The van der Waals surface area contributed by atoms with E-state index in [1.165, 1.54) is 0 Å². The Morgan fingerprint density at radius 3 is 1.80 bits per heavy atom. The van der Waals surface area contributed by atoms with E-state index in [9.17, 15) is 13.9 Å². The molecule has 0 atom stereocenters. The van der Waals surface area contributed by atoms with Gasteiger partial charge in [-0.05, 0) is 49.7 Å². The minimum atomic E-state index is -1.08. The van der Waals surface area contributed by atoms with E-state index in [0.717, 1.165) is 69.7 Å². The minimum absolute atomic E-state index is 0.249. The quantitative estimate of drug-likeness (QED) is 0.535. The predicted molar refractivity (Wildman–Crippen MR) is 138 cm³/mol. The maximum Gasteiger partial charge on any atom is 0.117 e. The predicted octanol–water partition coefficient (Wildman–Crippen LogP) is 4.75. The van der Waals surface area contributed by atoms with E-state index in [4.69, 9.17) is 5.11 Å². The van der Waals surface area contributed by atoms with E-state index < -0.39 is 11.3 Å². The lowest BCUT2D eigenvalue weighted by Gasteiger charge is -2.38. The van der Waals surface area contributed by atoms with Crippen LogP contribution in [0.15, 0.2) is 60.7 Å². The summed E-state index contributed by atoms with van der Waals surface area (Å²) in [7, 11) is 0. The van der Waals surface area contributed by atoms with E-state index in [-0.39, 0.29) is 13.3 Å². The molecule has 0 amide bonds. The number of likely N-dealkylation sites (tertiary alicyclic amines) is 2. The molecule has 2 aliphatic rings. The summed E-state index contributed by atoms with van der Waals surface area (Å²) < 4.78 is 26.7. The number of hydrogen-bond acceptors (Lipinski definition) is 4. The molecule has 35 heavy (non-hydrogen) atoms. The molecule has 0 bridgehead atoms. The molecule has 0 spiro atoms. The highest BCUT2D eigenvalue weighted by Gasteiger charge is 2.34. The SMILES string of the molecule is FCCCN1CCC(F)(Cc2ccccc2)CC1.OCCCN1CCC(O)(c2ccccc2)CC1. The van der Waals surface area contributed by atoms with Gasteiger partial charge in [-0.2, -0.15) is 0 Å². The van der Waals surface area contributed by atoms with Crippen molar-refractivity contribution in [2.24, 2.45) is 0 Å². The molecule has 2 fully saturated rings. The maximum absolute atomic E-state index is 14.7. The van der Waals surface area contributed by atoms with E-state index in [1.54, 1.807) is 0 Å². The monoisotopic (exact) mass is 488 g/mol. The van der Waals surface area contributed by atoms with E-state index in [2.05, 4.69) is 9.80 Å². The fourth-order valence-corrected chi connectivity index (χ4v) is 5.08. The summed E-state index contributed by atoms with van der Waals surface area (Å²) in [6.07, 6.45) is 4.58. The number of aliphatic hydroxyl groups excluding tert-OH is 1. The topological polar surface area (TPSA) is 46.9 Å². The largest absolute Gasteiger partial charge is 0.396 e. The second kappa shape index (κ2) is 14.0. The first kappa shape index (κ1) is 27.7. The van der Waals surface area contributed by atoms with Crippen LogP contribution in [0.2, 0.25) is 0 Å². The van der Waals surface area contributed by atoms with Gasteiger partial charge >= 0.3 is 0 Å². The molecule has 2 aromatic rings. The van der Waals surface area contributed by atoms with Crippen molar-refractivity contribution < 1.29 is 19.0 Å². The third-order valence-electron chi connectivity index (χ3n) is 7.35. The second-order valence-electron chi connectivity index (χ2n) is 10.0. The zero-order valence-electron chi connectivity index (χ0n) is 20.9. The van der Waals surface area contributed by atoms with E-state index in [1.807, 2.05) is 60.7 Å². The molecular formula is C29H42F2N2O2. The molecule has 2 aliphatic heterocycles. The molecule has 6 heteroatoms. The number of piperidine rings is 2. The molecule has 0 radical (unpaired) electrons. The summed E-state index contributed by atoms with van der Waals surface area (Å²) in [6.45, 7) is 4.99. The van der Waals surface area contributed by atoms with Crippen molar-refractivity contribution in [3.05, 3.63) is 71.8 Å². The number of halogens is 2. The van der Waals surface area contributed by atoms with Crippen LogP contribution in [0.5, 0.6) is 0 Å². The Hall–Kier alpha value is -1.86. The summed E-state index contributed by atoms with van der Waals surface area (Å²) in [5, 5.41) is 19.4. The number of aliphatic hydroxyl groups is 2. The van der Waals surface area contributed by atoms with Gasteiger partial charge in [0.05, 0.1) is 12.3 Å². The van der Waals surface area contributed by atoms with Gasteiger partial charge in [0.2, 0.25) is 0 Å². The lowest BCUT2D eigenvalue weighted by atomic mass is 9.84. The summed E-state index contributed by atoms with van der Waals surface area (Å²) in [5.74, 6) is 0. The number of rotatable bonds is 9. The van der Waals surface area contributed by atoms with Gasteiger partial charge in [-0.25, -0.2) is 4.39 Å². The van der Waals surface area contributed by atoms with Gasteiger partial charge in [0, 0.05) is 52.3 Å². The van der Waals surface area contributed by atoms with Crippen LogP contribution < -0.4 is 0 Å². The summed E-state index contributed by atoms with van der Waals surface area (Å²) in [6, 6.07) is 19.8. The van der Waals surface area contributed by atoms with Gasteiger partial charge in [0.15, 0.2) is 0 Å². The van der Waals surface area contributed by atoms with Gasteiger partial charge < -0.3 is 20.0 Å². The number of hydrogen-bond donors (Lipinski definition) is 2. The Kier molecular flexibility index (Phi) is 11.1. The molecule has 0 unspecified atom stereocenters. The standard InChI is InChI=1S/C15H21F2N.C14H21NO2/c16-9-4-10-18-11-7-15(17,8-12-18)13-14-5-2-1-3-6-14;16-12-4-9-15-10-7-14(17,8-11-15)13-5-2-1-3-6-13/h1-3,5-6H,4,7-13H2;1-3,5-6,16-17H,4,7-12H2. The molecule has 4 nitrogen and oxygen atoms in total. The average molecular weight is 489 g/mol. The molecule has 2 saturated heterocycles. The average Bonchev–Trinajstić information content (AvgIpc) is 2.89. The maximum atomic E-state index is 14.7. The molecule has 0 saturated carbocycles. The first-order valence-electron chi connectivity index (χ1n) is 13.1. The zero-order valence-corrected chi connectivity index (χ0v) is 20.9.